The molecule has 2 aromatic heterocycles. The van der Waals surface area contributed by atoms with Gasteiger partial charge in [0.25, 0.3) is 0 Å². The number of aromatic amines is 1. The van der Waals surface area contributed by atoms with Crippen LogP contribution in [0.3, 0.4) is 0 Å². The van der Waals surface area contributed by atoms with Crippen molar-refractivity contribution < 1.29 is 19.8 Å². The predicted molar refractivity (Wildman–Crippen MR) is 255 cm³/mol. The van der Waals surface area contributed by atoms with Crippen molar-refractivity contribution in [2.45, 2.75) is 204 Å². The molecule has 0 spiro atoms. The summed E-state index contributed by atoms with van der Waals surface area (Å²) >= 11 is 3.43. The number of nitrogens with one attached hydrogen (secondary N) is 1. The molecule has 63 heavy (non-hydrogen) atoms. The van der Waals surface area contributed by atoms with Gasteiger partial charge in [-0.05, 0) is 212 Å². The van der Waals surface area contributed by atoms with Crippen LogP contribution >= 0.6 is 15.9 Å². The molecule has 2 heterocycles. The summed E-state index contributed by atoms with van der Waals surface area (Å²) in [7, 11) is 0. The first-order valence-electron chi connectivity index (χ1n) is 24.5. The molecule has 8 aliphatic rings. The molecule has 16 atom stereocenters. The van der Waals surface area contributed by atoms with Gasteiger partial charge >= 0.3 is 0 Å². The maximum atomic E-state index is 13.3. The van der Waals surface area contributed by atoms with Crippen molar-refractivity contribution in [1.29, 1.82) is 0 Å². The average Bonchev–Trinajstić information content (AvgIpc) is 4.01. The maximum absolute atomic E-state index is 13.3. The summed E-state index contributed by atoms with van der Waals surface area (Å²) in [6.45, 7) is 18.1. The number of Topliss-reactive ketones (excluding diaryl/α,β-unsaturated/α-hetero) is 2. The van der Waals surface area contributed by atoms with Crippen molar-refractivity contribution in [3.05, 3.63) is 23.8 Å². The highest BCUT2D eigenvalue weighted by Gasteiger charge is 2.63. The van der Waals surface area contributed by atoms with Crippen LogP contribution < -0.4 is 0 Å². The van der Waals surface area contributed by atoms with Gasteiger partial charge in [-0.3, -0.25) is 9.59 Å². The van der Waals surface area contributed by atoms with Gasteiger partial charge in [-0.2, -0.15) is 30.4 Å². The zero-order chi connectivity index (χ0) is 43.8. The van der Waals surface area contributed by atoms with E-state index in [4.69, 9.17) is 0 Å². The number of aryl methyl sites for hydroxylation is 2. The molecular formula is C52H87BrN6O4. The number of carbonyl (C=O) groups excluding carboxylic acids is 2. The topological polar surface area (TPSA) is 147 Å². The molecule has 8 aliphatic carbocycles. The van der Waals surface area contributed by atoms with Gasteiger partial charge in [0.15, 0.2) is 5.78 Å². The van der Waals surface area contributed by atoms with E-state index in [0.29, 0.717) is 52.0 Å². The van der Waals surface area contributed by atoms with Crippen LogP contribution in [-0.2, 0) is 16.1 Å². The summed E-state index contributed by atoms with van der Waals surface area (Å²) in [5.41, 5.74) is 2.07. The summed E-state index contributed by atoms with van der Waals surface area (Å²) in [6.07, 6.45) is 24.4. The second kappa shape index (κ2) is 18.6. The van der Waals surface area contributed by atoms with Crippen molar-refractivity contribution in [3.8, 4) is 0 Å². The van der Waals surface area contributed by atoms with Crippen molar-refractivity contribution in [2.24, 2.45) is 80.8 Å². The summed E-state index contributed by atoms with van der Waals surface area (Å²) in [5.74, 6) is 7.18. The molecule has 2 aromatic rings. The Labute approximate surface area is 389 Å². The third kappa shape index (κ3) is 9.22. The van der Waals surface area contributed by atoms with Gasteiger partial charge in [-0.15, -0.1) is 0 Å². The highest BCUT2D eigenvalue weighted by Crippen LogP contribution is 2.70. The van der Waals surface area contributed by atoms with E-state index in [1.54, 1.807) is 17.2 Å². The van der Waals surface area contributed by atoms with Gasteiger partial charge < -0.3 is 10.2 Å². The second-order valence-corrected chi connectivity index (χ2v) is 24.3. The fourth-order valence-electron chi connectivity index (χ4n) is 17.0. The van der Waals surface area contributed by atoms with Crippen molar-refractivity contribution in [3.63, 3.8) is 0 Å². The Morgan fingerprint density at radius 1 is 0.635 bits per heavy atom. The minimum atomic E-state index is -0.468. The number of carbonyl (C=O) groups is 2. The first kappa shape index (κ1) is 50.4. The molecular weight excluding hydrogens is 853 g/mol. The van der Waals surface area contributed by atoms with Crippen LogP contribution in [0.25, 0.3) is 0 Å². The lowest BCUT2D eigenvalue weighted by atomic mass is 9.44. The Morgan fingerprint density at radius 2 is 1.11 bits per heavy atom. The third-order valence-corrected chi connectivity index (χ3v) is 20.9. The number of rotatable bonds is 5. The lowest BCUT2D eigenvalue weighted by Gasteiger charge is -2.61. The van der Waals surface area contributed by atoms with Gasteiger partial charge in [0, 0.05) is 11.8 Å². The highest BCUT2D eigenvalue weighted by molar-refractivity contribution is 9.09. The van der Waals surface area contributed by atoms with E-state index in [1.807, 2.05) is 27.7 Å². The van der Waals surface area contributed by atoms with Gasteiger partial charge in [0.1, 0.15) is 12.3 Å². The molecule has 8 fully saturated rings. The number of fused-ring (bicyclic) bond motifs is 10. The third-order valence-electron chi connectivity index (χ3n) is 20.3. The number of aromatic nitrogens is 6. The van der Waals surface area contributed by atoms with Gasteiger partial charge in [-0.1, -0.05) is 58.5 Å². The van der Waals surface area contributed by atoms with Crippen molar-refractivity contribution in [1.82, 2.24) is 30.4 Å². The molecule has 0 aromatic carbocycles. The first-order valence-corrected chi connectivity index (χ1v) is 25.6. The molecule has 356 valence electrons. The van der Waals surface area contributed by atoms with E-state index in [1.165, 1.54) is 77.0 Å². The number of ketones is 2. The Hall–Kier alpha value is -1.98. The van der Waals surface area contributed by atoms with Crippen LogP contribution in [0.2, 0.25) is 0 Å². The van der Waals surface area contributed by atoms with E-state index >= 15 is 0 Å². The Bertz CT molecular complexity index is 1880. The van der Waals surface area contributed by atoms with Crippen molar-refractivity contribution in [2.75, 3.05) is 5.33 Å². The van der Waals surface area contributed by atoms with E-state index in [9.17, 15) is 19.8 Å². The standard InChI is InChI=1S/C25H39N3O2.C22H35BrO2.C3H5N3.2CH4/c1-16-14-26-28(27-16)15-22(29)21-8-7-19-18-6-5-17-13-23(2,30)11-12-24(17,3)20(18)9-10-25(19,21)4;1-20(25)10-11-21(2)14(12-20)4-5-15-16-6-7-18(19(24)13-23)22(16,3)9-8-17(15)21;1-3-2-4-6-5-3;;/h14,17-21,30H,5-13,15H2,1-4H3;14-18,25H,4-13H2,1-3H3;2H,1H3,(H,4,5,6);2*1H4/t17-,18+,19+,20+,21-,23-,24+,25+;14-,15+,16+,17+,18-,20-,21+,22+;;;/m11.../s1. The number of alkyl halides is 1. The van der Waals surface area contributed by atoms with E-state index in [0.717, 1.165) is 79.5 Å². The minimum Gasteiger partial charge on any atom is -0.390 e. The largest absolute Gasteiger partial charge is 0.390 e. The van der Waals surface area contributed by atoms with E-state index in [2.05, 4.69) is 69.2 Å². The number of H-pyrrole nitrogens is 1. The predicted octanol–water partition coefficient (Wildman–Crippen LogP) is 11.3. The molecule has 3 N–H and O–H groups in total. The number of hydrogen-bond acceptors (Lipinski definition) is 8. The molecule has 8 saturated carbocycles. The first-order chi connectivity index (χ1) is 28.7. The number of aliphatic hydroxyl groups is 2. The Morgan fingerprint density at radius 3 is 1.51 bits per heavy atom. The SMILES string of the molecule is C.C.C[C@@]1(O)CC[C@@]2(C)[C@H](CC[C@@H]3[C@@H]2CC[C@]2(C)[C@@H](C(=O)CBr)CC[C@@H]32)C1.Cc1cn[nH]n1.Cc1cnn(CC(=O)[C@H]2CC[C@H]3[C@@H]4CC[C@@H]5C[C@](C)(O)CC[C@]5(C)[C@H]4CC[C@]23C)n1. The minimum absolute atomic E-state index is 0. The van der Waals surface area contributed by atoms with E-state index < -0.39 is 11.2 Å². The van der Waals surface area contributed by atoms with Crippen LogP contribution in [0.1, 0.15) is 183 Å². The second-order valence-electron chi connectivity index (χ2n) is 23.8. The normalized spacial score (nSPS) is 45.6. The number of nitrogens with zero attached hydrogens (tertiary/aromatic N) is 5. The molecule has 0 bridgehead atoms. The molecule has 0 aliphatic heterocycles. The lowest BCUT2D eigenvalue weighted by molar-refractivity contribution is -0.151. The Kier molecular flexibility index (Phi) is 14.9. The van der Waals surface area contributed by atoms with Crippen LogP contribution in [0.5, 0.6) is 0 Å². The van der Waals surface area contributed by atoms with Crippen LogP contribution in [0.4, 0.5) is 0 Å². The summed E-state index contributed by atoms with van der Waals surface area (Å²) in [5, 5.41) is 40.1. The summed E-state index contributed by atoms with van der Waals surface area (Å²) in [6, 6.07) is 0. The van der Waals surface area contributed by atoms with Crippen LogP contribution in [0, 0.1) is 94.7 Å². The number of hydrogen-bond donors (Lipinski definition) is 3. The summed E-state index contributed by atoms with van der Waals surface area (Å²) in [4.78, 5) is 27.4. The van der Waals surface area contributed by atoms with Gasteiger partial charge in [0.05, 0.1) is 40.3 Å². The zero-order valence-corrected chi connectivity index (χ0v) is 40.5. The smallest absolute Gasteiger partial charge is 0.159 e. The fraction of sp³-hybridized carbons (Fsp3) is 0.885. The summed E-state index contributed by atoms with van der Waals surface area (Å²) < 4.78 is 0. The van der Waals surface area contributed by atoms with Gasteiger partial charge in [-0.25, -0.2) is 0 Å². The zero-order valence-electron chi connectivity index (χ0n) is 38.9. The van der Waals surface area contributed by atoms with Crippen LogP contribution in [0.15, 0.2) is 12.4 Å². The quantitative estimate of drug-likeness (QED) is 0.251. The molecule has 10 nitrogen and oxygen atoms in total. The van der Waals surface area contributed by atoms with Crippen LogP contribution in [-0.4, -0.2) is 68.7 Å². The average molecular weight is 940 g/mol. The Balaban J connectivity index is 0.000000182. The number of halogens is 1. The lowest BCUT2D eigenvalue weighted by Crippen LogP contribution is -2.55. The monoisotopic (exact) mass is 939 g/mol. The molecule has 0 unspecified atom stereocenters. The molecule has 0 saturated heterocycles. The fourth-order valence-corrected chi connectivity index (χ4v) is 17.4. The molecule has 10 rings (SSSR count). The molecule has 0 radical (unpaired) electrons. The maximum Gasteiger partial charge on any atom is 0.159 e. The van der Waals surface area contributed by atoms with Crippen molar-refractivity contribution >= 4 is 27.5 Å². The highest BCUT2D eigenvalue weighted by atomic mass is 79.9. The molecule has 11 heteroatoms. The molecule has 0 amide bonds. The van der Waals surface area contributed by atoms with Gasteiger partial charge in [0.2, 0.25) is 0 Å². The van der Waals surface area contributed by atoms with E-state index in [-0.39, 0.29) is 37.5 Å².